The van der Waals surface area contributed by atoms with Gasteiger partial charge in [-0.15, -0.1) is 0 Å². The fourth-order valence-electron chi connectivity index (χ4n) is 4.81. The third-order valence-electron chi connectivity index (χ3n) is 6.46. The van der Waals surface area contributed by atoms with Crippen LogP contribution in [0.2, 0.25) is 0 Å². The summed E-state index contributed by atoms with van der Waals surface area (Å²) in [7, 11) is 0. The highest BCUT2D eigenvalue weighted by Gasteiger charge is 2.32. The number of hydrogen-bond acceptors (Lipinski definition) is 5. The van der Waals surface area contributed by atoms with Crippen LogP contribution in [0, 0.1) is 5.92 Å². The van der Waals surface area contributed by atoms with Crippen LogP contribution < -0.4 is 4.90 Å². The minimum absolute atomic E-state index is 0.309. The van der Waals surface area contributed by atoms with Crippen LogP contribution in [0.1, 0.15) is 19.3 Å². The lowest BCUT2D eigenvalue weighted by molar-refractivity contribution is 0.0944. The standard InChI is InChI=1S/C24H28N4O/c29-17-18-4-3-12-27(15-18)22-10-13-28(16-22)24-25-11-9-23(26-24)21-8-7-19-5-1-2-6-20(19)14-21/h1-2,5-9,11,14,18,22,29H,3-4,10,12-13,15-17H2/t18?,22-/m0/s1. The van der Waals surface area contributed by atoms with Gasteiger partial charge in [0.05, 0.1) is 5.69 Å². The predicted molar refractivity (Wildman–Crippen MR) is 117 cm³/mol. The summed E-state index contributed by atoms with van der Waals surface area (Å²) in [4.78, 5) is 14.4. The van der Waals surface area contributed by atoms with E-state index in [0.717, 1.165) is 56.2 Å². The largest absolute Gasteiger partial charge is 0.396 e. The SMILES string of the molecule is OCC1CCCN([C@H]2CCN(c3nccc(-c4ccc5ccccc5c4)n3)C2)C1. The quantitative estimate of drug-likeness (QED) is 0.740. The van der Waals surface area contributed by atoms with Crippen LogP contribution in [0.3, 0.4) is 0 Å². The summed E-state index contributed by atoms with van der Waals surface area (Å²) in [5.41, 5.74) is 2.10. The summed E-state index contributed by atoms with van der Waals surface area (Å²) in [6.07, 6.45) is 5.36. The second kappa shape index (κ2) is 8.09. The Labute approximate surface area is 172 Å². The van der Waals surface area contributed by atoms with Gasteiger partial charge < -0.3 is 10.0 Å². The molecule has 0 radical (unpaired) electrons. The normalized spacial score (nSPS) is 23.0. The zero-order chi connectivity index (χ0) is 19.6. The van der Waals surface area contributed by atoms with E-state index in [9.17, 15) is 5.11 Å². The monoisotopic (exact) mass is 388 g/mol. The van der Waals surface area contributed by atoms with Crippen LogP contribution in [0.25, 0.3) is 22.0 Å². The van der Waals surface area contributed by atoms with Gasteiger partial charge in [-0.2, -0.15) is 0 Å². The van der Waals surface area contributed by atoms with Gasteiger partial charge in [0.15, 0.2) is 0 Å². The van der Waals surface area contributed by atoms with Gasteiger partial charge in [0.2, 0.25) is 5.95 Å². The first-order valence-corrected chi connectivity index (χ1v) is 10.7. The zero-order valence-electron chi connectivity index (χ0n) is 16.7. The van der Waals surface area contributed by atoms with Crippen molar-refractivity contribution in [2.24, 2.45) is 5.92 Å². The molecule has 3 aromatic rings. The topological polar surface area (TPSA) is 52.5 Å². The Bertz CT molecular complexity index is 991. The Morgan fingerprint density at radius 3 is 2.76 bits per heavy atom. The number of likely N-dealkylation sites (tertiary alicyclic amines) is 1. The summed E-state index contributed by atoms with van der Waals surface area (Å²) < 4.78 is 0. The Morgan fingerprint density at radius 1 is 0.966 bits per heavy atom. The van der Waals surface area contributed by atoms with Gasteiger partial charge in [-0.1, -0.05) is 36.4 Å². The maximum absolute atomic E-state index is 9.53. The molecule has 2 aliphatic heterocycles. The van der Waals surface area contributed by atoms with Gasteiger partial charge >= 0.3 is 0 Å². The van der Waals surface area contributed by atoms with E-state index in [4.69, 9.17) is 4.98 Å². The average molecular weight is 389 g/mol. The molecule has 0 spiro atoms. The smallest absolute Gasteiger partial charge is 0.225 e. The Kier molecular flexibility index (Phi) is 5.17. The van der Waals surface area contributed by atoms with Crippen LogP contribution in [-0.2, 0) is 0 Å². The first-order valence-electron chi connectivity index (χ1n) is 10.7. The number of fused-ring (bicyclic) bond motifs is 1. The maximum atomic E-state index is 9.53. The summed E-state index contributed by atoms with van der Waals surface area (Å²) in [5, 5.41) is 12.0. The number of aromatic nitrogens is 2. The molecule has 1 N–H and O–H groups in total. The van der Waals surface area contributed by atoms with Crippen molar-refractivity contribution in [3.05, 3.63) is 54.7 Å². The number of aliphatic hydroxyl groups excluding tert-OH is 1. The molecule has 5 nitrogen and oxygen atoms in total. The molecule has 0 amide bonds. The molecule has 29 heavy (non-hydrogen) atoms. The molecule has 5 rings (SSSR count). The van der Waals surface area contributed by atoms with Gasteiger partial charge in [0, 0.05) is 44.0 Å². The molecule has 2 aliphatic rings. The third-order valence-corrected chi connectivity index (χ3v) is 6.46. The van der Waals surface area contributed by atoms with Crippen LogP contribution in [-0.4, -0.2) is 58.8 Å². The van der Waals surface area contributed by atoms with Crippen LogP contribution in [0.15, 0.2) is 54.7 Å². The molecule has 0 saturated carbocycles. The van der Waals surface area contributed by atoms with Crippen molar-refractivity contribution >= 4 is 16.7 Å². The van der Waals surface area contributed by atoms with E-state index < -0.39 is 0 Å². The molecule has 3 heterocycles. The van der Waals surface area contributed by atoms with Crippen LogP contribution >= 0.6 is 0 Å². The van der Waals surface area contributed by atoms with E-state index in [1.807, 2.05) is 12.3 Å². The third kappa shape index (κ3) is 3.85. The lowest BCUT2D eigenvalue weighted by Gasteiger charge is -2.36. The summed E-state index contributed by atoms with van der Waals surface area (Å²) >= 11 is 0. The number of piperidine rings is 1. The van der Waals surface area contributed by atoms with Gasteiger partial charge in [-0.05, 0) is 54.6 Å². The van der Waals surface area contributed by atoms with Crippen molar-refractivity contribution in [2.45, 2.75) is 25.3 Å². The molecular weight excluding hydrogens is 360 g/mol. The van der Waals surface area contributed by atoms with Gasteiger partial charge in [0.1, 0.15) is 0 Å². The Morgan fingerprint density at radius 2 is 1.86 bits per heavy atom. The highest BCUT2D eigenvalue weighted by atomic mass is 16.3. The number of hydrogen-bond donors (Lipinski definition) is 1. The molecule has 0 aliphatic carbocycles. The van der Waals surface area contributed by atoms with E-state index in [-0.39, 0.29) is 0 Å². The fraction of sp³-hybridized carbons (Fsp3) is 0.417. The zero-order valence-corrected chi connectivity index (χ0v) is 16.7. The number of nitrogens with zero attached hydrogens (tertiary/aromatic N) is 4. The number of anilines is 1. The summed E-state index contributed by atoms with van der Waals surface area (Å²) in [5.74, 6) is 1.26. The van der Waals surface area contributed by atoms with E-state index in [2.05, 4.69) is 57.2 Å². The maximum Gasteiger partial charge on any atom is 0.225 e. The minimum atomic E-state index is 0.309. The number of aliphatic hydroxyl groups is 1. The molecule has 2 aromatic carbocycles. The van der Waals surface area contributed by atoms with Gasteiger partial charge in [0.25, 0.3) is 0 Å². The molecular formula is C24H28N4O. The molecule has 2 atom stereocenters. The molecule has 1 unspecified atom stereocenters. The molecule has 2 fully saturated rings. The summed E-state index contributed by atoms with van der Waals surface area (Å²) in [6, 6.07) is 17.5. The number of rotatable bonds is 4. The second-order valence-corrected chi connectivity index (χ2v) is 8.38. The highest BCUT2D eigenvalue weighted by molar-refractivity contribution is 5.86. The Hall–Kier alpha value is -2.50. The van der Waals surface area contributed by atoms with Crippen LogP contribution in [0.4, 0.5) is 5.95 Å². The van der Waals surface area contributed by atoms with Gasteiger partial charge in [-0.3, -0.25) is 4.90 Å². The highest BCUT2D eigenvalue weighted by Crippen LogP contribution is 2.27. The van der Waals surface area contributed by atoms with Crippen molar-refractivity contribution in [1.29, 1.82) is 0 Å². The average Bonchev–Trinajstić information content (AvgIpc) is 3.29. The summed E-state index contributed by atoms with van der Waals surface area (Å²) in [6.45, 7) is 4.44. The molecule has 5 heteroatoms. The van der Waals surface area contributed by atoms with Crippen molar-refractivity contribution in [3.63, 3.8) is 0 Å². The lowest BCUT2D eigenvalue weighted by Crippen LogP contribution is -2.44. The van der Waals surface area contributed by atoms with Crippen molar-refractivity contribution < 1.29 is 5.11 Å². The Balaban J connectivity index is 1.33. The van der Waals surface area contributed by atoms with E-state index >= 15 is 0 Å². The fourth-order valence-corrected chi connectivity index (χ4v) is 4.81. The van der Waals surface area contributed by atoms with E-state index in [0.29, 0.717) is 18.6 Å². The van der Waals surface area contributed by atoms with E-state index in [1.165, 1.54) is 17.2 Å². The van der Waals surface area contributed by atoms with Crippen molar-refractivity contribution in [3.8, 4) is 11.3 Å². The molecule has 2 saturated heterocycles. The minimum Gasteiger partial charge on any atom is -0.396 e. The van der Waals surface area contributed by atoms with Crippen molar-refractivity contribution in [1.82, 2.24) is 14.9 Å². The lowest BCUT2D eigenvalue weighted by atomic mass is 9.97. The first kappa shape index (κ1) is 18.5. The predicted octanol–water partition coefficient (Wildman–Crippen LogP) is 3.58. The van der Waals surface area contributed by atoms with Gasteiger partial charge in [-0.25, -0.2) is 9.97 Å². The second-order valence-electron chi connectivity index (χ2n) is 8.38. The van der Waals surface area contributed by atoms with Crippen molar-refractivity contribution in [2.75, 3.05) is 37.7 Å². The number of benzene rings is 2. The van der Waals surface area contributed by atoms with E-state index in [1.54, 1.807) is 0 Å². The molecule has 1 aromatic heterocycles. The van der Waals surface area contributed by atoms with Crippen LogP contribution in [0.5, 0.6) is 0 Å². The first-order chi connectivity index (χ1) is 14.3. The molecule has 150 valence electrons. The molecule has 0 bridgehead atoms.